The Morgan fingerprint density at radius 3 is 2.69 bits per heavy atom. The van der Waals surface area contributed by atoms with E-state index in [2.05, 4.69) is 19.2 Å². The molecule has 1 heterocycles. The molecule has 0 bridgehead atoms. The monoisotopic (exact) mass is 377 g/mol. The van der Waals surface area contributed by atoms with Crippen molar-refractivity contribution in [3.05, 3.63) is 34.6 Å². The lowest BCUT2D eigenvalue weighted by atomic mass is 10.2. The van der Waals surface area contributed by atoms with Gasteiger partial charge >= 0.3 is 0 Å². The van der Waals surface area contributed by atoms with Gasteiger partial charge in [0, 0.05) is 32.2 Å². The molecular weight excluding hydrogens is 348 g/mol. The van der Waals surface area contributed by atoms with Crippen molar-refractivity contribution < 1.29 is 9.69 Å². The zero-order valence-corrected chi connectivity index (χ0v) is 16.7. The van der Waals surface area contributed by atoms with E-state index in [1.807, 2.05) is 24.3 Å². The van der Waals surface area contributed by atoms with Crippen LogP contribution in [0.25, 0.3) is 10.9 Å². The molecule has 0 spiro atoms. The number of benzene rings is 1. The number of carbonyl (C=O) groups excluding carboxylic acids is 1. The van der Waals surface area contributed by atoms with E-state index in [1.165, 1.54) is 23.6 Å². The number of para-hydroxylation sites is 1. The third-order valence-corrected chi connectivity index (χ3v) is 5.42. The summed E-state index contributed by atoms with van der Waals surface area (Å²) in [6, 6.07) is 7.48. The predicted octanol–water partition coefficient (Wildman–Crippen LogP) is 0.940. The maximum Gasteiger partial charge on any atom is 0.262 e. The highest BCUT2D eigenvalue weighted by atomic mass is 32.2. The molecule has 2 N–H and O–H groups in total. The van der Waals surface area contributed by atoms with Crippen LogP contribution in [0.5, 0.6) is 0 Å². The molecule has 0 radical (unpaired) electrons. The lowest BCUT2D eigenvalue weighted by molar-refractivity contribution is -0.896. The molecule has 1 aromatic carbocycles. The average molecular weight is 378 g/mol. The molecular formula is C19H29N4O2S+. The molecule has 0 saturated heterocycles. The van der Waals surface area contributed by atoms with Crippen molar-refractivity contribution in [1.29, 1.82) is 0 Å². The van der Waals surface area contributed by atoms with Crippen molar-refractivity contribution in [2.75, 3.05) is 31.9 Å². The van der Waals surface area contributed by atoms with Gasteiger partial charge in [0.05, 0.1) is 30.5 Å². The van der Waals surface area contributed by atoms with Gasteiger partial charge in [0.1, 0.15) is 0 Å². The van der Waals surface area contributed by atoms with Crippen molar-refractivity contribution in [3.8, 4) is 0 Å². The van der Waals surface area contributed by atoms with E-state index in [4.69, 9.17) is 4.98 Å². The number of hydrogen-bond donors (Lipinski definition) is 2. The van der Waals surface area contributed by atoms with E-state index in [0.717, 1.165) is 36.7 Å². The van der Waals surface area contributed by atoms with Crippen molar-refractivity contribution in [2.45, 2.75) is 38.9 Å². The fraction of sp³-hybridized carbons (Fsp3) is 0.526. The van der Waals surface area contributed by atoms with E-state index in [-0.39, 0.29) is 11.5 Å². The second kappa shape index (κ2) is 10.3. The highest BCUT2D eigenvalue weighted by Crippen LogP contribution is 2.17. The maximum absolute atomic E-state index is 12.9. The van der Waals surface area contributed by atoms with Crippen LogP contribution < -0.4 is 15.8 Å². The van der Waals surface area contributed by atoms with Crippen molar-refractivity contribution in [2.24, 2.45) is 0 Å². The maximum atomic E-state index is 12.9. The van der Waals surface area contributed by atoms with Crippen molar-refractivity contribution >= 4 is 28.6 Å². The van der Waals surface area contributed by atoms with Gasteiger partial charge in [-0.1, -0.05) is 23.9 Å². The highest BCUT2D eigenvalue weighted by Gasteiger charge is 2.12. The van der Waals surface area contributed by atoms with Gasteiger partial charge in [-0.05, 0) is 26.0 Å². The summed E-state index contributed by atoms with van der Waals surface area (Å²) in [6.45, 7) is 10.3. The first-order valence-corrected chi connectivity index (χ1v) is 10.3. The summed E-state index contributed by atoms with van der Waals surface area (Å²) in [4.78, 5) is 30.2. The lowest BCUT2D eigenvalue weighted by Gasteiger charge is -2.17. The highest BCUT2D eigenvalue weighted by molar-refractivity contribution is 7.99. The Labute approximate surface area is 159 Å². The summed E-state index contributed by atoms with van der Waals surface area (Å²) in [5, 5.41) is 4.17. The second-order valence-electron chi connectivity index (χ2n) is 6.26. The van der Waals surface area contributed by atoms with E-state index in [0.29, 0.717) is 24.2 Å². The number of amides is 1. The number of nitrogens with zero attached hydrogens (tertiary/aromatic N) is 2. The number of hydrogen-bond acceptors (Lipinski definition) is 4. The molecule has 142 valence electrons. The Bertz CT molecular complexity index is 787. The summed E-state index contributed by atoms with van der Waals surface area (Å²) >= 11 is 1.52. The van der Waals surface area contributed by atoms with Crippen LogP contribution in [0.15, 0.2) is 34.2 Å². The van der Waals surface area contributed by atoms with Crippen LogP contribution >= 0.6 is 11.8 Å². The number of aromatic nitrogens is 2. The fourth-order valence-electron chi connectivity index (χ4n) is 2.92. The van der Waals surface area contributed by atoms with Gasteiger partial charge in [-0.3, -0.25) is 14.2 Å². The van der Waals surface area contributed by atoms with Crippen LogP contribution in [-0.4, -0.2) is 47.4 Å². The standard InChI is InChI=1S/C19H28N4O2S/c1-4-22(5-2)12-8-13-23-18(25)16-9-6-7-10-17(16)21-19(23)26-14-11-20-15(3)24/h6-7,9-10H,4-5,8,11-14H2,1-3H3,(H,20,24)/p+1. The Balaban J connectivity index is 2.19. The van der Waals surface area contributed by atoms with Crippen LogP contribution in [0.1, 0.15) is 27.2 Å². The normalized spacial score (nSPS) is 11.2. The van der Waals surface area contributed by atoms with Gasteiger partial charge in [0.25, 0.3) is 5.56 Å². The van der Waals surface area contributed by atoms with Crippen LogP contribution in [-0.2, 0) is 11.3 Å². The minimum absolute atomic E-state index is 0.0205. The van der Waals surface area contributed by atoms with Gasteiger partial charge in [-0.25, -0.2) is 4.98 Å². The number of rotatable bonds is 10. The Kier molecular flexibility index (Phi) is 8.12. The summed E-state index contributed by atoms with van der Waals surface area (Å²) in [5.74, 6) is 0.641. The molecule has 0 atom stereocenters. The molecule has 0 fully saturated rings. The number of thioether (sulfide) groups is 1. The first-order valence-electron chi connectivity index (χ1n) is 9.27. The fourth-order valence-corrected chi connectivity index (χ4v) is 3.79. The van der Waals surface area contributed by atoms with Gasteiger partial charge < -0.3 is 10.2 Å². The topological polar surface area (TPSA) is 68.4 Å². The Morgan fingerprint density at radius 2 is 2.00 bits per heavy atom. The summed E-state index contributed by atoms with van der Waals surface area (Å²) in [7, 11) is 0. The van der Waals surface area contributed by atoms with Crippen LogP contribution in [0, 0.1) is 0 Å². The van der Waals surface area contributed by atoms with E-state index in [9.17, 15) is 9.59 Å². The summed E-state index contributed by atoms with van der Waals surface area (Å²) < 4.78 is 1.80. The molecule has 1 amide bonds. The lowest BCUT2D eigenvalue weighted by Crippen LogP contribution is -3.11. The summed E-state index contributed by atoms with van der Waals surface area (Å²) in [6.07, 6.45) is 0.941. The molecule has 7 heteroatoms. The average Bonchev–Trinajstić information content (AvgIpc) is 2.64. The van der Waals surface area contributed by atoms with Gasteiger partial charge in [0.2, 0.25) is 5.91 Å². The molecule has 1 aromatic heterocycles. The minimum atomic E-state index is -0.0448. The van der Waals surface area contributed by atoms with E-state index >= 15 is 0 Å². The molecule has 0 aliphatic rings. The third kappa shape index (κ3) is 5.57. The predicted molar refractivity (Wildman–Crippen MR) is 107 cm³/mol. The van der Waals surface area contributed by atoms with Crippen LogP contribution in [0.3, 0.4) is 0 Å². The minimum Gasteiger partial charge on any atom is -0.356 e. The zero-order valence-electron chi connectivity index (χ0n) is 15.9. The van der Waals surface area contributed by atoms with Crippen molar-refractivity contribution in [3.63, 3.8) is 0 Å². The SMILES string of the molecule is CC[NH+](CC)CCCn1c(SCCNC(C)=O)nc2ccccc2c1=O. The molecule has 0 aliphatic carbocycles. The van der Waals surface area contributed by atoms with Gasteiger partial charge in [-0.2, -0.15) is 0 Å². The first kappa shape index (κ1) is 20.5. The molecule has 26 heavy (non-hydrogen) atoms. The summed E-state index contributed by atoms with van der Waals surface area (Å²) in [5.41, 5.74) is 0.748. The van der Waals surface area contributed by atoms with Crippen LogP contribution in [0.2, 0.25) is 0 Å². The largest absolute Gasteiger partial charge is 0.356 e. The first-order chi connectivity index (χ1) is 12.6. The van der Waals surface area contributed by atoms with Crippen molar-refractivity contribution in [1.82, 2.24) is 14.9 Å². The molecule has 0 aliphatic heterocycles. The smallest absolute Gasteiger partial charge is 0.262 e. The van der Waals surface area contributed by atoms with E-state index < -0.39 is 0 Å². The molecule has 6 nitrogen and oxygen atoms in total. The zero-order chi connectivity index (χ0) is 18.9. The Hall–Kier alpha value is -1.86. The van der Waals surface area contributed by atoms with E-state index in [1.54, 1.807) is 4.57 Å². The molecule has 0 saturated carbocycles. The second-order valence-corrected chi connectivity index (χ2v) is 7.32. The quantitative estimate of drug-likeness (QED) is 0.367. The van der Waals surface area contributed by atoms with Gasteiger partial charge in [0.15, 0.2) is 5.16 Å². The molecule has 2 aromatic rings. The molecule has 0 unspecified atom stereocenters. The Morgan fingerprint density at radius 1 is 1.27 bits per heavy atom. The van der Waals surface area contributed by atoms with Gasteiger partial charge in [-0.15, -0.1) is 0 Å². The number of quaternary nitrogens is 1. The number of nitrogens with one attached hydrogen (secondary N) is 2. The van der Waals surface area contributed by atoms with Crippen LogP contribution in [0.4, 0.5) is 0 Å². The third-order valence-electron chi connectivity index (χ3n) is 4.45. The number of carbonyl (C=O) groups is 1. The molecule has 2 rings (SSSR count). The number of fused-ring (bicyclic) bond motifs is 1.